The van der Waals surface area contributed by atoms with Crippen molar-refractivity contribution < 1.29 is 5.21 Å². The maximum absolute atomic E-state index is 12.3. The Labute approximate surface area is 127 Å². The van der Waals surface area contributed by atoms with Crippen molar-refractivity contribution in [3.63, 3.8) is 0 Å². The predicted molar refractivity (Wildman–Crippen MR) is 85.1 cm³/mol. The number of amidine groups is 1. The van der Waals surface area contributed by atoms with E-state index in [1.165, 1.54) is 0 Å². The predicted octanol–water partition coefficient (Wildman–Crippen LogP) is 2.04. The second-order valence-electron chi connectivity index (χ2n) is 4.49. The molecule has 0 unspecified atom stereocenters. The summed E-state index contributed by atoms with van der Waals surface area (Å²) in [5, 5.41) is 11.6. The maximum atomic E-state index is 12.3. The summed E-state index contributed by atoms with van der Waals surface area (Å²) in [6.07, 6.45) is 0. The first kappa shape index (κ1) is 15.2. The van der Waals surface area contributed by atoms with Crippen LogP contribution < -0.4 is 11.3 Å². The molecule has 1 aromatic carbocycles. The summed E-state index contributed by atoms with van der Waals surface area (Å²) in [6.45, 7) is 2.43. The first-order valence-corrected chi connectivity index (χ1v) is 7.48. The molecule has 21 heavy (non-hydrogen) atoms. The minimum atomic E-state index is -0.237. The van der Waals surface area contributed by atoms with Crippen molar-refractivity contribution >= 4 is 17.6 Å². The Kier molecular flexibility index (Phi) is 5.05. The van der Waals surface area contributed by atoms with Crippen LogP contribution in [-0.4, -0.2) is 21.4 Å². The fourth-order valence-electron chi connectivity index (χ4n) is 1.97. The quantitative estimate of drug-likeness (QED) is 0.291. The van der Waals surface area contributed by atoms with Gasteiger partial charge in [0.1, 0.15) is 0 Å². The van der Waals surface area contributed by atoms with Gasteiger partial charge in [-0.2, -0.15) is 0 Å². The van der Waals surface area contributed by atoms with Crippen molar-refractivity contribution in [2.75, 3.05) is 5.75 Å². The molecule has 0 aliphatic heterocycles. The van der Waals surface area contributed by atoms with Crippen molar-refractivity contribution in [3.8, 4) is 0 Å². The molecule has 0 bridgehead atoms. The summed E-state index contributed by atoms with van der Waals surface area (Å²) < 4.78 is 1.64. The molecule has 0 amide bonds. The van der Waals surface area contributed by atoms with E-state index in [0.29, 0.717) is 6.54 Å². The van der Waals surface area contributed by atoms with E-state index >= 15 is 0 Å². The molecule has 2 aromatic rings. The van der Waals surface area contributed by atoms with Crippen LogP contribution in [-0.2, 0) is 6.54 Å². The van der Waals surface area contributed by atoms with E-state index in [0.717, 1.165) is 16.3 Å². The zero-order valence-electron chi connectivity index (χ0n) is 11.7. The van der Waals surface area contributed by atoms with Crippen LogP contribution in [0.4, 0.5) is 0 Å². The molecule has 0 saturated heterocycles. The smallest absolute Gasteiger partial charge is 0.261 e. The zero-order chi connectivity index (χ0) is 15.2. The largest absolute Gasteiger partial charge is 0.409 e. The average Bonchev–Trinajstić information content (AvgIpc) is 2.51. The molecule has 0 radical (unpaired) electrons. The number of nitrogens with zero attached hydrogens (tertiary/aromatic N) is 2. The summed E-state index contributed by atoms with van der Waals surface area (Å²) in [5.41, 5.74) is 6.34. The molecule has 1 heterocycles. The van der Waals surface area contributed by atoms with Crippen molar-refractivity contribution in [2.24, 2.45) is 10.9 Å². The van der Waals surface area contributed by atoms with Gasteiger partial charge < -0.3 is 15.5 Å². The molecule has 0 aliphatic rings. The fourth-order valence-corrected chi connectivity index (χ4v) is 2.83. The van der Waals surface area contributed by atoms with Crippen LogP contribution in [0.25, 0.3) is 0 Å². The Morgan fingerprint density at radius 1 is 1.29 bits per heavy atom. The Hall–Kier alpha value is -2.21. The van der Waals surface area contributed by atoms with Crippen LogP contribution in [0.2, 0.25) is 0 Å². The molecule has 6 heteroatoms. The van der Waals surface area contributed by atoms with Crippen LogP contribution in [0, 0.1) is 6.92 Å². The van der Waals surface area contributed by atoms with Gasteiger partial charge in [-0.05, 0) is 31.2 Å². The van der Waals surface area contributed by atoms with Gasteiger partial charge in [-0.3, -0.25) is 4.79 Å². The van der Waals surface area contributed by atoms with Gasteiger partial charge >= 0.3 is 0 Å². The van der Waals surface area contributed by atoms with Crippen LogP contribution in [0.1, 0.15) is 11.3 Å². The monoisotopic (exact) mass is 303 g/mol. The lowest BCUT2D eigenvalue weighted by Crippen LogP contribution is -2.31. The molecule has 0 fully saturated rings. The number of hydrogen-bond acceptors (Lipinski definition) is 4. The highest BCUT2D eigenvalue weighted by atomic mass is 32.2. The first-order chi connectivity index (χ1) is 10.1. The molecule has 2 rings (SSSR count). The number of nitrogens with two attached hydrogens (primary N) is 1. The normalized spacial score (nSPS) is 11.6. The zero-order valence-corrected chi connectivity index (χ0v) is 12.5. The Morgan fingerprint density at radius 2 is 2.00 bits per heavy atom. The van der Waals surface area contributed by atoms with Gasteiger partial charge in [-0.1, -0.05) is 23.4 Å². The van der Waals surface area contributed by atoms with E-state index in [2.05, 4.69) is 5.16 Å². The third-order valence-corrected chi connectivity index (χ3v) is 4.10. The molecule has 3 N–H and O–H groups in total. The van der Waals surface area contributed by atoms with Crippen molar-refractivity contribution in [3.05, 3.63) is 64.1 Å². The molecular formula is C15H17N3O2S. The number of aromatic nitrogens is 1. The van der Waals surface area contributed by atoms with Crippen LogP contribution in [0.15, 0.2) is 57.3 Å². The van der Waals surface area contributed by atoms with E-state index in [-0.39, 0.29) is 17.0 Å². The number of pyridine rings is 1. The Balaban J connectivity index is 2.15. The lowest BCUT2D eigenvalue weighted by atomic mass is 10.2. The minimum Gasteiger partial charge on any atom is -0.409 e. The van der Waals surface area contributed by atoms with Crippen molar-refractivity contribution in [1.82, 2.24) is 4.57 Å². The molecule has 0 spiro atoms. The van der Waals surface area contributed by atoms with Crippen LogP contribution >= 0.6 is 11.8 Å². The summed E-state index contributed by atoms with van der Waals surface area (Å²) >= 11 is 1.68. The first-order valence-electron chi connectivity index (χ1n) is 6.49. The third-order valence-electron chi connectivity index (χ3n) is 3.10. The molecule has 0 saturated carbocycles. The minimum absolute atomic E-state index is 0.163. The third kappa shape index (κ3) is 3.66. The van der Waals surface area contributed by atoms with E-state index < -0.39 is 0 Å². The summed E-state index contributed by atoms with van der Waals surface area (Å²) in [6, 6.07) is 13.4. The van der Waals surface area contributed by atoms with Gasteiger partial charge in [-0.25, -0.2) is 0 Å². The topological polar surface area (TPSA) is 80.6 Å². The fraction of sp³-hybridized carbons (Fsp3) is 0.200. The highest BCUT2D eigenvalue weighted by molar-refractivity contribution is 7.99. The van der Waals surface area contributed by atoms with E-state index in [9.17, 15) is 4.79 Å². The number of rotatable bonds is 5. The molecule has 1 aromatic heterocycles. The number of aryl methyl sites for hydroxylation is 1. The number of hydrogen-bond donors (Lipinski definition) is 2. The molecule has 5 nitrogen and oxygen atoms in total. The molecule has 0 atom stereocenters. The van der Waals surface area contributed by atoms with E-state index in [1.807, 2.05) is 37.3 Å². The van der Waals surface area contributed by atoms with Gasteiger partial charge in [0.15, 0.2) is 5.84 Å². The van der Waals surface area contributed by atoms with Crippen molar-refractivity contribution in [1.29, 1.82) is 0 Å². The standard InChI is InChI=1S/C15H17N3O2S/c1-11-7-8-13(14(16)17-20)15(19)18(11)9-10-21-12-5-3-2-4-6-12/h2-8,20H,9-10H2,1H3,(H2,16,17). The lowest BCUT2D eigenvalue weighted by molar-refractivity contribution is 0.318. The average molecular weight is 303 g/mol. The second-order valence-corrected chi connectivity index (χ2v) is 5.66. The Bertz CT molecular complexity index is 696. The number of thioether (sulfide) groups is 1. The summed E-state index contributed by atoms with van der Waals surface area (Å²) in [5.74, 6) is 0.606. The van der Waals surface area contributed by atoms with Gasteiger partial charge in [0, 0.05) is 22.9 Å². The van der Waals surface area contributed by atoms with Gasteiger partial charge in [-0.15, -0.1) is 11.8 Å². The molecular weight excluding hydrogens is 286 g/mol. The second kappa shape index (κ2) is 6.99. The summed E-state index contributed by atoms with van der Waals surface area (Å²) in [4.78, 5) is 13.5. The van der Waals surface area contributed by atoms with Crippen molar-refractivity contribution in [2.45, 2.75) is 18.4 Å². The van der Waals surface area contributed by atoms with Crippen LogP contribution in [0.3, 0.4) is 0 Å². The highest BCUT2D eigenvalue weighted by Crippen LogP contribution is 2.17. The summed E-state index contributed by atoms with van der Waals surface area (Å²) in [7, 11) is 0. The highest BCUT2D eigenvalue weighted by Gasteiger charge is 2.09. The van der Waals surface area contributed by atoms with E-state index in [4.69, 9.17) is 10.9 Å². The maximum Gasteiger partial charge on any atom is 0.261 e. The lowest BCUT2D eigenvalue weighted by Gasteiger charge is -2.11. The van der Waals surface area contributed by atoms with Gasteiger partial charge in [0.25, 0.3) is 5.56 Å². The van der Waals surface area contributed by atoms with E-state index in [1.54, 1.807) is 28.5 Å². The SMILES string of the molecule is Cc1ccc(/C(N)=N/O)c(=O)n1CCSc1ccccc1. The Morgan fingerprint density at radius 3 is 2.67 bits per heavy atom. The van der Waals surface area contributed by atoms with Gasteiger partial charge in [0.2, 0.25) is 0 Å². The number of oxime groups is 1. The molecule has 110 valence electrons. The molecule has 0 aliphatic carbocycles. The van der Waals surface area contributed by atoms with Crippen LogP contribution in [0.5, 0.6) is 0 Å². The van der Waals surface area contributed by atoms with Gasteiger partial charge in [0.05, 0.1) is 5.56 Å². The number of benzene rings is 1.